The lowest BCUT2D eigenvalue weighted by Gasteiger charge is -2.32. The van der Waals surface area contributed by atoms with Crippen molar-refractivity contribution in [3.8, 4) is 0 Å². The van der Waals surface area contributed by atoms with Crippen LogP contribution in [0.5, 0.6) is 0 Å². The Balaban J connectivity index is 1.38. The van der Waals surface area contributed by atoms with Crippen molar-refractivity contribution in [3.63, 3.8) is 0 Å². The van der Waals surface area contributed by atoms with Gasteiger partial charge in [-0.15, -0.1) is 0 Å². The number of hydrogen-bond acceptors (Lipinski definition) is 7. The van der Waals surface area contributed by atoms with Gasteiger partial charge in [-0.1, -0.05) is 30.3 Å². The van der Waals surface area contributed by atoms with Gasteiger partial charge in [-0.05, 0) is 36.2 Å². The van der Waals surface area contributed by atoms with Crippen molar-refractivity contribution in [2.45, 2.75) is 19.4 Å². The number of anilines is 1. The highest BCUT2D eigenvalue weighted by molar-refractivity contribution is 6.35. The molecule has 0 bridgehead atoms. The van der Waals surface area contributed by atoms with Crippen molar-refractivity contribution in [1.29, 1.82) is 5.41 Å². The van der Waals surface area contributed by atoms with E-state index in [0.717, 1.165) is 10.5 Å². The Bertz CT molecular complexity index is 1170. The number of amides is 4. The maximum Gasteiger partial charge on any atom is 0.413 e. The van der Waals surface area contributed by atoms with Crippen LogP contribution in [0.2, 0.25) is 0 Å². The van der Waals surface area contributed by atoms with Crippen LogP contribution in [0.3, 0.4) is 0 Å². The van der Waals surface area contributed by atoms with Crippen molar-refractivity contribution in [3.05, 3.63) is 65.7 Å². The normalized spacial score (nSPS) is 13.2. The molecule has 0 aliphatic carbocycles. The van der Waals surface area contributed by atoms with E-state index in [4.69, 9.17) is 15.3 Å². The summed E-state index contributed by atoms with van der Waals surface area (Å²) in [6.45, 7) is 0.0929. The molecule has 4 amide bonds. The topological polar surface area (TPSA) is 169 Å². The number of carbonyl (C=O) groups excluding carboxylic acids is 4. The van der Waals surface area contributed by atoms with Gasteiger partial charge in [0.25, 0.3) is 0 Å². The minimum absolute atomic E-state index is 0.0797. The molecule has 2 aromatic carbocycles. The van der Waals surface area contributed by atoms with Crippen LogP contribution in [0.1, 0.15) is 24.0 Å². The molecule has 1 aliphatic heterocycles. The van der Waals surface area contributed by atoms with Gasteiger partial charge in [0.2, 0.25) is 5.91 Å². The number of ether oxygens (including phenoxy) is 1. The summed E-state index contributed by atoms with van der Waals surface area (Å²) in [6, 6.07) is 15.4. The number of amidine groups is 1. The highest BCUT2D eigenvalue weighted by atomic mass is 16.5. The number of nitrogens with one attached hydrogen (secondary N) is 3. The molecule has 1 aliphatic rings. The van der Waals surface area contributed by atoms with Crippen LogP contribution < -0.4 is 10.6 Å². The summed E-state index contributed by atoms with van der Waals surface area (Å²) in [5.41, 5.74) is 1.73. The summed E-state index contributed by atoms with van der Waals surface area (Å²) in [7, 11) is 0. The molecule has 0 radical (unpaired) electrons. The third kappa shape index (κ3) is 8.16. The van der Waals surface area contributed by atoms with Crippen LogP contribution >= 0.6 is 0 Å². The Kier molecular flexibility index (Phi) is 9.30. The van der Waals surface area contributed by atoms with Gasteiger partial charge in [0.1, 0.15) is 19.0 Å². The molecule has 0 spiro atoms. The third-order valence-corrected chi connectivity index (χ3v) is 5.45. The van der Waals surface area contributed by atoms with Gasteiger partial charge in [0.15, 0.2) is 0 Å². The third-order valence-electron chi connectivity index (χ3n) is 5.45. The summed E-state index contributed by atoms with van der Waals surface area (Å²) < 4.78 is 5.09. The highest BCUT2D eigenvalue weighted by Gasteiger charge is 2.33. The fourth-order valence-corrected chi connectivity index (χ4v) is 3.55. The van der Waals surface area contributed by atoms with E-state index in [-0.39, 0.29) is 44.4 Å². The number of rotatable bonds is 10. The first kappa shape index (κ1) is 26.9. The first-order chi connectivity index (χ1) is 17.7. The van der Waals surface area contributed by atoms with E-state index in [9.17, 15) is 24.0 Å². The lowest BCUT2D eigenvalue weighted by molar-refractivity contribution is -0.158. The largest absolute Gasteiger partial charge is 0.480 e. The average Bonchev–Trinajstić information content (AvgIpc) is 2.87. The lowest BCUT2D eigenvalue weighted by atomic mass is 10.2. The average molecular weight is 510 g/mol. The fourth-order valence-electron chi connectivity index (χ4n) is 3.55. The number of piperazine rings is 1. The zero-order valence-corrected chi connectivity index (χ0v) is 19.9. The van der Waals surface area contributed by atoms with Crippen molar-refractivity contribution >= 4 is 41.3 Å². The van der Waals surface area contributed by atoms with E-state index < -0.39 is 30.4 Å². The minimum atomic E-state index is -1.19. The molecule has 0 saturated carbocycles. The van der Waals surface area contributed by atoms with E-state index in [2.05, 4.69) is 10.6 Å². The second-order valence-electron chi connectivity index (χ2n) is 8.20. The van der Waals surface area contributed by atoms with Gasteiger partial charge in [-0.3, -0.25) is 29.9 Å². The predicted molar refractivity (Wildman–Crippen MR) is 132 cm³/mol. The molecule has 12 heteroatoms. The zero-order valence-electron chi connectivity index (χ0n) is 19.9. The van der Waals surface area contributed by atoms with Gasteiger partial charge in [-0.25, -0.2) is 4.79 Å². The van der Waals surface area contributed by atoms with Gasteiger partial charge < -0.3 is 25.0 Å². The first-order valence-corrected chi connectivity index (χ1v) is 11.5. The van der Waals surface area contributed by atoms with Crippen molar-refractivity contribution in [2.24, 2.45) is 0 Å². The Hall–Kier alpha value is -4.74. The van der Waals surface area contributed by atoms with Gasteiger partial charge in [-0.2, -0.15) is 0 Å². The quantitative estimate of drug-likeness (QED) is 0.213. The Labute approximate surface area is 212 Å². The smallest absolute Gasteiger partial charge is 0.413 e. The van der Waals surface area contributed by atoms with E-state index in [1.807, 2.05) is 30.3 Å². The number of aliphatic carboxylic acids is 1. The van der Waals surface area contributed by atoms with Crippen LogP contribution in [0.4, 0.5) is 10.5 Å². The van der Waals surface area contributed by atoms with E-state index in [1.165, 1.54) is 4.90 Å². The monoisotopic (exact) mass is 509 g/mol. The van der Waals surface area contributed by atoms with Gasteiger partial charge in [0.05, 0.1) is 0 Å². The zero-order chi connectivity index (χ0) is 26.8. The maximum absolute atomic E-state index is 12.3. The van der Waals surface area contributed by atoms with E-state index in [0.29, 0.717) is 17.7 Å². The number of nitrogens with zero attached hydrogens (tertiary/aromatic N) is 2. The molecule has 1 heterocycles. The van der Waals surface area contributed by atoms with Crippen molar-refractivity contribution < 1.29 is 33.8 Å². The standard InChI is InChI=1S/C25H27N5O7/c26-22(28-25(36)37-16-17-5-2-1-3-6-17)18-8-10-19(11-9-18)27-20(31)7-4-12-29-13-14-30(15-21(32)33)24(35)23(29)34/h1-3,5-6,8-11H,4,7,12-16H2,(H,27,31)(H,32,33)(H2,26,28,36). The van der Waals surface area contributed by atoms with Crippen LogP contribution in [0.25, 0.3) is 0 Å². The maximum atomic E-state index is 12.3. The molecule has 3 rings (SSSR count). The summed E-state index contributed by atoms with van der Waals surface area (Å²) in [4.78, 5) is 61.4. The Morgan fingerprint density at radius 1 is 0.946 bits per heavy atom. The molecule has 37 heavy (non-hydrogen) atoms. The number of alkyl carbamates (subject to hydrolysis) is 1. The summed E-state index contributed by atoms with van der Waals surface area (Å²) in [6.07, 6.45) is -0.334. The van der Waals surface area contributed by atoms with Crippen molar-refractivity contribution in [2.75, 3.05) is 31.5 Å². The molecule has 0 atom stereocenters. The number of benzene rings is 2. The van der Waals surface area contributed by atoms with E-state index in [1.54, 1.807) is 24.3 Å². The molecule has 0 unspecified atom stereocenters. The Morgan fingerprint density at radius 3 is 2.27 bits per heavy atom. The number of carboxylic acids is 1. The predicted octanol–water partition coefficient (Wildman–Crippen LogP) is 1.41. The molecule has 2 aromatic rings. The molecule has 1 saturated heterocycles. The number of hydrogen-bond donors (Lipinski definition) is 4. The summed E-state index contributed by atoms with van der Waals surface area (Å²) in [5, 5.41) is 21.9. The van der Waals surface area contributed by atoms with Crippen LogP contribution in [-0.2, 0) is 30.5 Å². The Morgan fingerprint density at radius 2 is 1.59 bits per heavy atom. The molecule has 0 aromatic heterocycles. The fraction of sp³-hybridized carbons (Fsp3) is 0.280. The van der Waals surface area contributed by atoms with E-state index >= 15 is 0 Å². The highest BCUT2D eigenvalue weighted by Crippen LogP contribution is 2.12. The van der Waals surface area contributed by atoms with Crippen LogP contribution in [0, 0.1) is 5.41 Å². The molecular formula is C25H27N5O7. The SMILES string of the molecule is N=C(NC(=O)OCc1ccccc1)c1ccc(NC(=O)CCCN2CCN(CC(=O)O)C(=O)C2=O)cc1. The second-order valence-corrected chi connectivity index (χ2v) is 8.20. The van der Waals surface area contributed by atoms with Gasteiger partial charge in [0, 0.05) is 37.3 Å². The number of carboxylic acid groups (broad SMARTS) is 1. The van der Waals surface area contributed by atoms with Gasteiger partial charge >= 0.3 is 23.9 Å². The van der Waals surface area contributed by atoms with Crippen LogP contribution in [-0.4, -0.2) is 76.7 Å². The second kappa shape index (κ2) is 12.8. The van der Waals surface area contributed by atoms with Crippen LogP contribution in [0.15, 0.2) is 54.6 Å². The minimum Gasteiger partial charge on any atom is -0.480 e. The summed E-state index contributed by atoms with van der Waals surface area (Å²) >= 11 is 0. The molecule has 194 valence electrons. The molecule has 4 N–H and O–H groups in total. The number of carbonyl (C=O) groups is 5. The first-order valence-electron chi connectivity index (χ1n) is 11.5. The molecular weight excluding hydrogens is 482 g/mol. The van der Waals surface area contributed by atoms with Crippen molar-refractivity contribution in [1.82, 2.24) is 15.1 Å². The lowest BCUT2D eigenvalue weighted by Crippen LogP contribution is -2.55. The molecule has 12 nitrogen and oxygen atoms in total. The summed E-state index contributed by atoms with van der Waals surface area (Å²) in [5.74, 6) is -3.27. The molecule has 1 fully saturated rings.